The summed E-state index contributed by atoms with van der Waals surface area (Å²) in [5, 5.41) is 15.3. The fraction of sp³-hybridized carbons (Fsp3) is 0.400. The number of esters is 1. The molecule has 0 amide bonds. The average molecular weight is 499 g/mol. The number of rotatable bonds is 4. The molecule has 0 spiro atoms. The minimum Gasteiger partial charge on any atom is -0.458 e. The summed E-state index contributed by atoms with van der Waals surface area (Å²) >= 11 is 0. The molecule has 1 N–H and O–H groups in total. The van der Waals surface area contributed by atoms with Crippen LogP contribution >= 0.6 is 0 Å². The number of nitro groups is 1. The maximum atomic E-state index is 14.0. The van der Waals surface area contributed by atoms with Gasteiger partial charge in [-0.15, -0.1) is 0 Å². The van der Waals surface area contributed by atoms with E-state index in [1.54, 1.807) is 37.3 Å². The number of allylic oxidation sites excluding steroid dienone is 2. The van der Waals surface area contributed by atoms with Crippen LogP contribution < -0.4 is 5.32 Å². The second-order valence-corrected chi connectivity index (χ2v) is 11.6. The first kappa shape index (κ1) is 23.6. The van der Waals surface area contributed by atoms with Crippen molar-refractivity contribution in [3.8, 4) is 0 Å². The minimum absolute atomic E-state index is 0.0581. The summed E-state index contributed by atoms with van der Waals surface area (Å²) in [7, 11) is 0. The van der Waals surface area contributed by atoms with Crippen LogP contribution in [0.4, 0.5) is 5.69 Å². The van der Waals surface area contributed by atoms with E-state index in [0.29, 0.717) is 34.0 Å². The van der Waals surface area contributed by atoms with E-state index in [0.717, 1.165) is 24.8 Å². The van der Waals surface area contributed by atoms with Gasteiger partial charge in [0.25, 0.3) is 5.69 Å². The Kier molecular flexibility index (Phi) is 5.03. The molecule has 2 bridgehead atoms. The lowest BCUT2D eigenvalue weighted by atomic mass is 9.70. The van der Waals surface area contributed by atoms with Crippen LogP contribution in [-0.2, 0) is 9.53 Å². The Morgan fingerprint density at radius 2 is 1.76 bits per heavy atom. The average Bonchev–Trinajstić information content (AvgIpc) is 3.35. The summed E-state index contributed by atoms with van der Waals surface area (Å²) in [5.74, 6) is -1.17. The molecule has 3 aliphatic carbocycles. The molecule has 37 heavy (non-hydrogen) atoms. The van der Waals surface area contributed by atoms with Gasteiger partial charge in [-0.3, -0.25) is 14.9 Å². The van der Waals surface area contributed by atoms with Crippen LogP contribution in [0.3, 0.4) is 0 Å². The van der Waals surface area contributed by atoms with Gasteiger partial charge in [0.15, 0.2) is 5.78 Å². The van der Waals surface area contributed by atoms with Gasteiger partial charge in [0.1, 0.15) is 6.10 Å². The van der Waals surface area contributed by atoms with E-state index in [2.05, 4.69) is 26.1 Å². The molecule has 7 heteroatoms. The third kappa shape index (κ3) is 3.12. The molecule has 7 nitrogen and oxygen atoms in total. The van der Waals surface area contributed by atoms with Crippen molar-refractivity contribution in [2.75, 3.05) is 0 Å². The van der Waals surface area contributed by atoms with Gasteiger partial charge in [0.05, 0.1) is 22.1 Å². The zero-order valence-electron chi connectivity index (χ0n) is 21.5. The number of fused-ring (bicyclic) bond motifs is 4. The number of carbonyl (C=O) groups is 2. The van der Waals surface area contributed by atoms with Crippen molar-refractivity contribution in [2.24, 2.45) is 16.7 Å². The second kappa shape index (κ2) is 7.88. The third-order valence-electron chi connectivity index (χ3n) is 9.88. The zero-order chi connectivity index (χ0) is 26.3. The van der Waals surface area contributed by atoms with Gasteiger partial charge in [-0.05, 0) is 37.5 Å². The van der Waals surface area contributed by atoms with E-state index < -0.39 is 16.8 Å². The summed E-state index contributed by atoms with van der Waals surface area (Å²) in [5.41, 5.74) is 3.13. The fourth-order valence-electron chi connectivity index (χ4n) is 7.31. The van der Waals surface area contributed by atoms with E-state index >= 15 is 0 Å². The van der Waals surface area contributed by atoms with E-state index in [4.69, 9.17) is 4.74 Å². The molecule has 4 aliphatic rings. The molecule has 190 valence electrons. The Morgan fingerprint density at radius 3 is 2.41 bits per heavy atom. The van der Waals surface area contributed by atoms with E-state index in [-0.39, 0.29) is 34.0 Å². The first-order chi connectivity index (χ1) is 17.6. The SMILES string of the molecule is CC1=C(C(=O)O[C@@H]2C[C@H]3CC[C@@]2(C)C3(C)C)[C@@H](c2ccccc2[N+](=O)[O-])C2=C(N1)c1ccccc1C2=O. The van der Waals surface area contributed by atoms with Crippen molar-refractivity contribution < 1.29 is 19.2 Å². The van der Waals surface area contributed by atoms with Crippen molar-refractivity contribution in [3.63, 3.8) is 0 Å². The van der Waals surface area contributed by atoms with E-state index in [1.807, 2.05) is 12.1 Å². The number of hydrogen-bond acceptors (Lipinski definition) is 6. The van der Waals surface area contributed by atoms with Crippen molar-refractivity contribution >= 4 is 23.1 Å². The Labute approximate surface area is 215 Å². The molecule has 0 radical (unpaired) electrons. The highest BCUT2D eigenvalue weighted by atomic mass is 16.6. The van der Waals surface area contributed by atoms with Gasteiger partial charge >= 0.3 is 5.97 Å². The smallest absolute Gasteiger partial charge is 0.337 e. The predicted octanol–water partition coefficient (Wildman–Crippen LogP) is 5.92. The number of ketones is 1. The largest absolute Gasteiger partial charge is 0.458 e. The Morgan fingerprint density at radius 1 is 1.08 bits per heavy atom. The van der Waals surface area contributed by atoms with Crippen LogP contribution in [0.15, 0.2) is 65.4 Å². The summed E-state index contributed by atoms with van der Waals surface area (Å²) in [6, 6.07) is 13.6. The topological polar surface area (TPSA) is 98.5 Å². The lowest BCUT2D eigenvalue weighted by Crippen LogP contribution is -2.39. The molecule has 0 aromatic heterocycles. The summed E-state index contributed by atoms with van der Waals surface area (Å²) in [6.07, 6.45) is 2.69. The summed E-state index contributed by atoms with van der Waals surface area (Å²) < 4.78 is 6.27. The highest BCUT2D eigenvalue weighted by molar-refractivity contribution is 6.23. The van der Waals surface area contributed by atoms with Gasteiger partial charge in [0.2, 0.25) is 0 Å². The molecular formula is C30H30N2O5. The Balaban J connectivity index is 1.47. The number of hydrogen-bond donors (Lipinski definition) is 1. The first-order valence-electron chi connectivity index (χ1n) is 12.9. The lowest BCUT2D eigenvalue weighted by molar-refractivity contribution is -0.385. The normalized spacial score (nSPS) is 29.2. The van der Waals surface area contributed by atoms with Crippen molar-refractivity contribution in [1.82, 2.24) is 5.32 Å². The highest BCUT2D eigenvalue weighted by Gasteiger charge is 2.63. The maximum Gasteiger partial charge on any atom is 0.337 e. The number of Topliss-reactive ketones (excluding diaryl/α,β-unsaturated/α-hetero) is 1. The number of nitrogens with zero attached hydrogens (tertiary/aromatic N) is 1. The van der Waals surface area contributed by atoms with Crippen LogP contribution in [0.1, 0.15) is 74.4 Å². The summed E-state index contributed by atoms with van der Waals surface area (Å²) in [6.45, 7) is 8.50. The molecule has 1 heterocycles. The number of dihydropyridines is 1. The minimum atomic E-state index is -0.912. The van der Waals surface area contributed by atoms with Crippen molar-refractivity contribution in [3.05, 3.63) is 92.2 Å². The van der Waals surface area contributed by atoms with Crippen LogP contribution in [0, 0.1) is 26.9 Å². The van der Waals surface area contributed by atoms with E-state index in [1.165, 1.54) is 6.07 Å². The molecule has 2 saturated carbocycles. The quantitative estimate of drug-likeness (QED) is 0.319. The highest BCUT2D eigenvalue weighted by Crippen LogP contribution is 2.66. The Bertz CT molecular complexity index is 1450. The maximum absolute atomic E-state index is 14.0. The third-order valence-corrected chi connectivity index (χ3v) is 9.88. The molecule has 4 atom stereocenters. The molecule has 0 unspecified atom stereocenters. The fourth-order valence-corrected chi connectivity index (χ4v) is 7.31. The number of ether oxygens (including phenoxy) is 1. The van der Waals surface area contributed by atoms with Gasteiger partial charge in [-0.1, -0.05) is 63.2 Å². The number of carbonyl (C=O) groups excluding carboxylic acids is 2. The molecule has 2 aromatic rings. The summed E-state index contributed by atoms with van der Waals surface area (Å²) in [4.78, 5) is 39.3. The van der Waals surface area contributed by atoms with Crippen molar-refractivity contribution in [2.45, 2.75) is 59.0 Å². The van der Waals surface area contributed by atoms with Crippen LogP contribution in [0.5, 0.6) is 0 Å². The standard InChI is InChI=1S/C30H30N2O5/c1-16-23(28(34)37-22-15-17-13-14-30(22,4)29(17,2)3)24(20-11-7-8-12-21(20)32(35)36)25-26(31-16)18-9-5-6-10-19(18)27(25)33/h5-12,17,22,24,31H,13-15H2,1-4H3/t17-,22-,24-,30-/m1/s1. The molecule has 2 fully saturated rings. The predicted molar refractivity (Wildman–Crippen MR) is 138 cm³/mol. The van der Waals surface area contributed by atoms with Gasteiger partial charge < -0.3 is 10.1 Å². The molecule has 1 aliphatic heterocycles. The zero-order valence-corrected chi connectivity index (χ0v) is 21.5. The van der Waals surface area contributed by atoms with E-state index in [9.17, 15) is 19.7 Å². The van der Waals surface area contributed by atoms with Gasteiger partial charge in [-0.25, -0.2) is 4.79 Å². The van der Waals surface area contributed by atoms with Crippen molar-refractivity contribution in [1.29, 1.82) is 0 Å². The second-order valence-electron chi connectivity index (χ2n) is 11.6. The molecule has 6 rings (SSSR count). The van der Waals surface area contributed by atoms with Crippen LogP contribution in [0.25, 0.3) is 5.70 Å². The number of nitro benzene ring substituents is 1. The molecule has 0 saturated heterocycles. The Hall–Kier alpha value is -3.74. The van der Waals surface area contributed by atoms with Crippen LogP contribution in [0.2, 0.25) is 0 Å². The van der Waals surface area contributed by atoms with Gasteiger partial charge in [0, 0.05) is 39.4 Å². The monoisotopic (exact) mass is 498 g/mol. The first-order valence-corrected chi connectivity index (χ1v) is 12.9. The molecular weight excluding hydrogens is 468 g/mol. The number of para-hydroxylation sites is 1. The number of nitrogens with one attached hydrogen (secondary N) is 1. The van der Waals surface area contributed by atoms with Gasteiger partial charge in [-0.2, -0.15) is 0 Å². The number of benzene rings is 2. The lowest BCUT2D eigenvalue weighted by Gasteiger charge is -2.39. The molecule has 2 aromatic carbocycles. The van der Waals surface area contributed by atoms with Crippen LogP contribution in [-0.4, -0.2) is 22.8 Å².